The van der Waals surface area contributed by atoms with Gasteiger partial charge in [0.15, 0.2) is 5.65 Å². The number of aromatic nitrogens is 3. The zero-order valence-corrected chi connectivity index (χ0v) is 24.0. The van der Waals surface area contributed by atoms with E-state index in [4.69, 9.17) is 39.0 Å². The average Bonchev–Trinajstić information content (AvgIpc) is 3.39. The fourth-order valence-electron chi connectivity index (χ4n) is 4.53. The molecular weight excluding hydrogens is 561 g/mol. The molecule has 1 aliphatic heterocycles. The molecule has 1 aliphatic rings. The molecule has 4 rings (SSSR count). The van der Waals surface area contributed by atoms with Gasteiger partial charge in [0.2, 0.25) is 10.0 Å². The predicted molar refractivity (Wildman–Crippen MR) is 150 cm³/mol. The van der Waals surface area contributed by atoms with E-state index in [-0.39, 0.29) is 39.7 Å². The second-order valence-electron chi connectivity index (χ2n) is 9.14. The highest BCUT2D eigenvalue weighted by Crippen LogP contribution is 2.34. The van der Waals surface area contributed by atoms with Gasteiger partial charge in [-0.2, -0.15) is 5.10 Å². The van der Waals surface area contributed by atoms with Crippen molar-refractivity contribution in [3.63, 3.8) is 0 Å². The molecule has 0 radical (unpaired) electrons. The Morgan fingerprint density at radius 3 is 2.62 bits per heavy atom. The van der Waals surface area contributed by atoms with Crippen molar-refractivity contribution < 1.29 is 13.2 Å². The van der Waals surface area contributed by atoms with Crippen molar-refractivity contribution in [2.24, 2.45) is 5.73 Å². The lowest BCUT2D eigenvalue weighted by molar-refractivity contribution is 0.0723. The van der Waals surface area contributed by atoms with Gasteiger partial charge in [-0.3, -0.25) is 9.52 Å². The maximum Gasteiger partial charge on any atom is 0.256 e. The number of hydrogen-bond acceptors (Lipinski definition) is 7. The van der Waals surface area contributed by atoms with Gasteiger partial charge in [0.1, 0.15) is 5.82 Å². The Balaban J connectivity index is 0.00000380. The van der Waals surface area contributed by atoms with Gasteiger partial charge in [0.25, 0.3) is 5.91 Å². The van der Waals surface area contributed by atoms with Crippen LogP contribution in [-0.2, 0) is 10.0 Å². The molecule has 0 aliphatic carbocycles. The number of hydrogen-bond donors (Lipinski definition) is 2. The molecule has 3 aromatic rings. The first-order chi connectivity index (χ1) is 16.9. The molecule has 3 N–H and O–H groups in total. The monoisotopic (exact) mass is 589 g/mol. The highest BCUT2D eigenvalue weighted by atomic mass is 35.5. The molecule has 0 saturated carbocycles. The van der Waals surface area contributed by atoms with E-state index in [2.05, 4.69) is 9.62 Å². The number of rotatable bonds is 7. The fourth-order valence-corrected chi connectivity index (χ4v) is 5.71. The van der Waals surface area contributed by atoms with Gasteiger partial charge < -0.3 is 15.5 Å². The largest absolute Gasteiger partial charge is 0.355 e. The van der Waals surface area contributed by atoms with Crippen molar-refractivity contribution in [3.05, 3.63) is 51.3 Å². The molecule has 1 amide bonds. The minimum Gasteiger partial charge on any atom is -0.355 e. The van der Waals surface area contributed by atoms with E-state index < -0.39 is 22.0 Å². The minimum absolute atomic E-state index is 0. The number of benzene rings is 1. The Labute approximate surface area is 232 Å². The number of nitrogens with one attached hydrogen (secondary N) is 1. The van der Waals surface area contributed by atoms with Crippen LogP contribution < -0.4 is 15.4 Å². The molecule has 1 fully saturated rings. The second kappa shape index (κ2) is 11.2. The Bertz CT molecular complexity index is 1430. The SMILES string of the molecule is CC[C@@H](c1cc2nc(N3CC[C@H](N)C3)c(C)cn2n1)N(C)C(=O)c1cc(Cl)cc(Cl)c1NS(C)(=O)=O.Cl. The van der Waals surface area contributed by atoms with Crippen LogP contribution in [-0.4, -0.2) is 66.3 Å². The second-order valence-corrected chi connectivity index (χ2v) is 11.7. The van der Waals surface area contributed by atoms with Gasteiger partial charge in [-0.1, -0.05) is 30.1 Å². The van der Waals surface area contributed by atoms with E-state index in [1.54, 1.807) is 11.6 Å². The summed E-state index contributed by atoms with van der Waals surface area (Å²) in [5.41, 5.74) is 8.41. The summed E-state index contributed by atoms with van der Waals surface area (Å²) in [6.45, 7) is 5.53. The molecular formula is C23H30Cl3N7O3S. The number of sulfonamides is 1. The van der Waals surface area contributed by atoms with Gasteiger partial charge in [-0.25, -0.2) is 17.9 Å². The van der Waals surface area contributed by atoms with Gasteiger partial charge in [0.05, 0.1) is 34.3 Å². The number of aryl methyl sites for hydroxylation is 1. The van der Waals surface area contributed by atoms with Crippen LogP contribution in [0.25, 0.3) is 5.65 Å². The van der Waals surface area contributed by atoms with Crippen molar-refractivity contribution in [2.75, 3.05) is 36.0 Å². The molecule has 2 aromatic heterocycles. The lowest BCUT2D eigenvalue weighted by Crippen LogP contribution is -2.32. The molecule has 14 heteroatoms. The van der Waals surface area contributed by atoms with Crippen LogP contribution in [0.15, 0.2) is 24.4 Å². The van der Waals surface area contributed by atoms with E-state index >= 15 is 0 Å². The number of halogens is 3. The standard InChI is InChI=1S/C23H29Cl2N7O3S.ClH/c1-5-19(30(3)23(33)16-8-14(24)9-17(25)21(16)29-36(4,34)35)18-10-20-27-22(13(2)11-32(20)28-18)31-7-6-15(26)12-31;/h8-11,15,19,29H,5-7,12,26H2,1-4H3;1H/t15-,19-;/m0./s1. The average molecular weight is 591 g/mol. The van der Waals surface area contributed by atoms with Crippen LogP contribution in [0.4, 0.5) is 11.5 Å². The summed E-state index contributed by atoms with van der Waals surface area (Å²) in [7, 11) is -2.06. The Hall–Kier alpha value is -2.31. The predicted octanol–water partition coefficient (Wildman–Crippen LogP) is 3.90. The van der Waals surface area contributed by atoms with Crippen molar-refractivity contribution in [1.82, 2.24) is 19.5 Å². The van der Waals surface area contributed by atoms with E-state index in [0.29, 0.717) is 17.8 Å². The zero-order valence-electron chi connectivity index (χ0n) is 20.9. The number of anilines is 2. The van der Waals surface area contributed by atoms with Gasteiger partial charge in [-0.05, 0) is 31.9 Å². The molecule has 0 unspecified atom stereocenters. The Morgan fingerprint density at radius 2 is 2.03 bits per heavy atom. The van der Waals surface area contributed by atoms with Crippen LogP contribution >= 0.6 is 35.6 Å². The van der Waals surface area contributed by atoms with Gasteiger partial charge in [-0.15, -0.1) is 12.4 Å². The Morgan fingerprint density at radius 1 is 1.32 bits per heavy atom. The smallest absolute Gasteiger partial charge is 0.256 e. The molecule has 37 heavy (non-hydrogen) atoms. The first-order valence-electron chi connectivity index (χ1n) is 11.5. The van der Waals surface area contributed by atoms with E-state index in [9.17, 15) is 13.2 Å². The third-order valence-electron chi connectivity index (χ3n) is 6.24. The maximum atomic E-state index is 13.6. The topological polar surface area (TPSA) is 126 Å². The van der Waals surface area contributed by atoms with Crippen molar-refractivity contribution in [1.29, 1.82) is 0 Å². The molecule has 202 valence electrons. The number of carbonyl (C=O) groups is 1. The molecule has 2 atom stereocenters. The normalized spacial score (nSPS) is 16.5. The molecule has 3 heterocycles. The van der Waals surface area contributed by atoms with E-state index in [1.807, 2.05) is 26.1 Å². The first-order valence-corrected chi connectivity index (χ1v) is 14.1. The third-order valence-corrected chi connectivity index (χ3v) is 7.33. The van der Waals surface area contributed by atoms with Crippen molar-refractivity contribution in [3.8, 4) is 0 Å². The number of fused-ring (bicyclic) bond motifs is 1. The molecule has 0 spiro atoms. The maximum absolute atomic E-state index is 13.6. The summed E-state index contributed by atoms with van der Waals surface area (Å²) in [6.07, 6.45) is 4.39. The lowest BCUT2D eigenvalue weighted by Gasteiger charge is -2.27. The zero-order chi connectivity index (χ0) is 26.4. The van der Waals surface area contributed by atoms with Crippen molar-refractivity contribution in [2.45, 2.75) is 38.8 Å². The van der Waals surface area contributed by atoms with Crippen LogP contribution in [0.3, 0.4) is 0 Å². The number of carbonyl (C=O) groups excluding carboxylic acids is 1. The highest BCUT2D eigenvalue weighted by molar-refractivity contribution is 7.92. The summed E-state index contributed by atoms with van der Waals surface area (Å²) in [5.74, 6) is 0.426. The molecule has 1 aromatic carbocycles. The van der Waals surface area contributed by atoms with Crippen LogP contribution in [0, 0.1) is 6.92 Å². The molecule has 0 bridgehead atoms. The summed E-state index contributed by atoms with van der Waals surface area (Å²) in [5, 5.41) is 4.94. The third kappa shape index (κ3) is 6.23. The van der Waals surface area contributed by atoms with Gasteiger partial charge in [0, 0.05) is 49.0 Å². The van der Waals surface area contributed by atoms with Crippen molar-refractivity contribution >= 4 is 68.7 Å². The van der Waals surface area contributed by atoms with Crippen LogP contribution in [0.5, 0.6) is 0 Å². The number of nitrogens with two attached hydrogens (primary N) is 1. The highest BCUT2D eigenvalue weighted by Gasteiger charge is 2.28. The first kappa shape index (κ1) is 29.2. The minimum atomic E-state index is -3.69. The summed E-state index contributed by atoms with van der Waals surface area (Å²) in [4.78, 5) is 22.1. The summed E-state index contributed by atoms with van der Waals surface area (Å²) < 4.78 is 27.8. The van der Waals surface area contributed by atoms with Crippen LogP contribution in [0.2, 0.25) is 10.0 Å². The van der Waals surface area contributed by atoms with Gasteiger partial charge >= 0.3 is 0 Å². The van der Waals surface area contributed by atoms with E-state index in [0.717, 1.165) is 37.1 Å². The fraction of sp³-hybridized carbons (Fsp3) is 0.435. The molecule has 1 saturated heterocycles. The lowest BCUT2D eigenvalue weighted by atomic mass is 10.1. The summed E-state index contributed by atoms with van der Waals surface area (Å²) >= 11 is 12.4. The quantitative estimate of drug-likeness (QED) is 0.427. The number of amides is 1. The summed E-state index contributed by atoms with van der Waals surface area (Å²) in [6, 6.07) is 4.36. The Kier molecular flexibility index (Phi) is 8.86. The van der Waals surface area contributed by atoms with E-state index in [1.165, 1.54) is 17.0 Å². The van der Waals surface area contributed by atoms with Crippen LogP contribution in [0.1, 0.15) is 47.4 Å². The molecule has 10 nitrogen and oxygen atoms in total. The number of nitrogens with zero attached hydrogens (tertiary/aromatic N) is 5.